The Labute approximate surface area is 178 Å². The van der Waals surface area contributed by atoms with Gasteiger partial charge in [0, 0.05) is 31.4 Å². The Kier molecular flexibility index (Phi) is 5.50. The minimum absolute atomic E-state index is 0.0972. The zero-order valence-corrected chi connectivity index (χ0v) is 17.2. The largest absolute Gasteiger partial charge is 0.507 e. The van der Waals surface area contributed by atoms with E-state index in [-0.39, 0.29) is 11.7 Å². The number of rotatable bonds is 6. The first kappa shape index (κ1) is 19.8. The molecule has 3 aromatic rings. The molecular weight excluding hydrogens is 413 g/mol. The number of phenolic OH excluding ortho intramolecular Hbond substituents is 1. The van der Waals surface area contributed by atoms with Gasteiger partial charge in [-0.25, -0.2) is 0 Å². The molecule has 1 unspecified atom stereocenters. The summed E-state index contributed by atoms with van der Waals surface area (Å²) in [6.45, 7) is 1.04. The van der Waals surface area contributed by atoms with E-state index in [0.717, 1.165) is 5.56 Å². The number of para-hydroxylation sites is 1. The van der Waals surface area contributed by atoms with E-state index in [0.29, 0.717) is 52.1 Å². The van der Waals surface area contributed by atoms with Crippen LogP contribution in [0, 0.1) is 0 Å². The molecule has 0 bridgehead atoms. The smallest absolute Gasteiger partial charge is 0.273 e. The van der Waals surface area contributed by atoms with Crippen molar-refractivity contribution in [2.24, 2.45) is 0 Å². The SMILES string of the molecule is COCCCN1C(=O)c2[nH]nc(-c3ccccc3O)c2C1c1ccc(Cl)c(Cl)c1. The Morgan fingerprint density at radius 2 is 2.00 bits per heavy atom. The van der Waals surface area contributed by atoms with Crippen molar-refractivity contribution in [2.75, 3.05) is 20.3 Å². The fourth-order valence-corrected chi connectivity index (χ4v) is 4.02. The highest BCUT2D eigenvalue weighted by molar-refractivity contribution is 6.42. The number of methoxy groups -OCH3 is 1. The summed E-state index contributed by atoms with van der Waals surface area (Å²) in [6, 6.07) is 11.9. The molecule has 1 aromatic heterocycles. The maximum absolute atomic E-state index is 13.1. The van der Waals surface area contributed by atoms with Crippen molar-refractivity contribution in [1.29, 1.82) is 0 Å². The second-order valence-corrected chi connectivity index (χ2v) is 7.61. The van der Waals surface area contributed by atoms with Crippen LogP contribution in [0.25, 0.3) is 11.3 Å². The number of hydrogen-bond donors (Lipinski definition) is 2. The molecule has 2 heterocycles. The third-order valence-corrected chi connectivity index (χ3v) is 5.77. The summed E-state index contributed by atoms with van der Waals surface area (Å²) < 4.78 is 5.15. The van der Waals surface area contributed by atoms with E-state index in [1.165, 1.54) is 0 Å². The quantitative estimate of drug-likeness (QED) is 0.555. The fourth-order valence-electron chi connectivity index (χ4n) is 3.71. The standard InChI is InChI=1S/C21H19Cl2N3O3/c1-29-10-4-9-26-20(12-7-8-14(22)15(23)11-12)17-18(24-25-19(17)21(26)28)13-5-2-3-6-16(13)27/h2-3,5-8,11,20,27H,4,9-10H2,1H3,(H,24,25). The van der Waals surface area contributed by atoms with Crippen LogP contribution in [-0.2, 0) is 4.74 Å². The first-order chi connectivity index (χ1) is 14.0. The molecule has 0 fully saturated rings. The van der Waals surface area contributed by atoms with Gasteiger partial charge >= 0.3 is 0 Å². The Balaban J connectivity index is 1.86. The number of aromatic nitrogens is 2. The summed E-state index contributed by atoms with van der Waals surface area (Å²) in [5, 5.41) is 18.4. The normalized spacial score (nSPS) is 15.8. The van der Waals surface area contributed by atoms with Crippen LogP contribution in [0.15, 0.2) is 42.5 Å². The van der Waals surface area contributed by atoms with E-state index in [1.54, 1.807) is 42.3 Å². The van der Waals surface area contributed by atoms with Crippen LogP contribution in [0.2, 0.25) is 10.0 Å². The molecule has 0 radical (unpaired) electrons. The molecule has 6 nitrogen and oxygen atoms in total. The van der Waals surface area contributed by atoms with Crippen LogP contribution in [0.1, 0.15) is 34.1 Å². The number of aromatic amines is 1. The maximum atomic E-state index is 13.1. The van der Waals surface area contributed by atoms with E-state index < -0.39 is 6.04 Å². The number of aromatic hydroxyl groups is 1. The van der Waals surface area contributed by atoms with Gasteiger partial charge in [-0.1, -0.05) is 41.4 Å². The number of nitrogens with zero attached hydrogens (tertiary/aromatic N) is 2. The molecule has 0 saturated carbocycles. The molecule has 0 spiro atoms. The van der Waals surface area contributed by atoms with Crippen LogP contribution in [0.4, 0.5) is 0 Å². The predicted octanol–water partition coefficient (Wildman–Crippen LogP) is 4.67. The summed E-state index contributed by atoms with van der Waals surface area (Å²) in [4.78, 5) is 14.9. The van der Waals surface area contributed by atoms with Gasteiger partial charge < -0.3 is 14.7 Å². The van der Waals surface area contributed by atoms with E-state index in [9.17, 15) is 9.90 Å². The Morgan fingerprint density at radius 1 is 1.21 bits per heavy atom. The highest BCUT2D eigenvalue weighted by atomic mass is 35.5. The average Bonchev–Trinajstić information content (AvgIpc) is 3.24. The molecule has 1 atom stereocenters. The van der Waals surface area contributed by atoms with Gasteiger partial charge in [-0.15, -0.1) is 0 Å². The van der Waals surface area contributed by atoms with E-state index in [2.05, 4.69) is 10.2 Å². The first-order valence-electron chi connectivity index (χ1n) is 9.14. The number of amides is 1. The van der Waals surface area contributed by atoms with Crippen LogP contribution >= 0.6 is 23.2 Å². The molecule has 29 heavy (non-hydrogen) atoms. The van der Waals surface area contributed by atoms with Gasteiger partial charge in [-0.3, -0.25) is 9.89 Å². The van der Waals surface area contributed by atoms with Gasteiger partial charge in [0.1, 0.15) is 17.1 Å². The number of phenols is 1. The Bertz CT molecular complexity index is 1070. The highest BCUT2D eigenvalue weighted by Crippen LogP contribution is 2.45. The summed E-state index contributed by atoms with van der Waals surface area (Å²) in [5.41, 5.74) is 3.05. The summed E-state index contributed by atoms with van der Waals surface area (Å²) in [5.74, 6) is -0.0543. The molecule has 0 aliphatic carbocycles. The number of carbonyl (C=O) groups is 1. The molecule has 8 heteroatoms. The van der Waals surface area contributed by atoms with Gasteiger partial charge in [-0.2, -0.15) is 5.10 Å². The molecule has 1 aliphatic heterocycles. The zero-order chi connectivity index (χ0) is 20.5. The molecule has 2 N–H and O–H groups in total. The second kappa shape index (κ2) is 8.06. The van der Waals surface area contributed by atoms with E-state index in [4.69, 9.17) is 27.9 Å². The van der Waals surface area contributed by atoms with E-state index in [1.807, 2.05) is 12.1 Å². The van der Waals surface area contributed by atoms with Crippen LogP contribution in [0.5, 0.6) is 5.75 Å². The second-order valence-electron chi connectivity index (χ2n) is 6.80. The topological polar surface area (TPSA) is 78.5 Å². The first-order valence-corrected chi connectivity index (χ1v) is 9.90. The lowest BCUT2D eigenvalue weighted by molar-refractivity contribution is 0.0723. The monoisotopic (exact) mass is 431 g/mol. The third kappa shape index (κ3) is 3.48. The minimum atomic E-state index is -0.405. The van der Waals surface area contributed by atoms with Crippen molar-refractivity contribution in [3.63, 3.8) is 0 Å². The number of H-pyrrole nitrogens is 1. The van der Waals surface area contributed by atoms with Crippen molar-refractivity contribution < 1.29 is 14.6 Å². The van der Waals surface area contributed by atoms with E-state index >= 15 is 0 Å². The molecule has 0 saturated heterocycles. The summed E-state index contributed by atoms with van der Waals surface area (Å²) in [6.07, 6.45) is 0.684. The number of halogens is 2. The number of hydrogen-bond acceptors (Lipinski definition) is 4. The van der Waals surface area contributed by atoms with Crippen LogP contribution in [-0.4, -0.2) is 46.4 Å². The van der Waals surface area contributed by atoms with Crippen molar-refractivity contribution >= 4 is 29.1 Å². The fraction of sp³-hybridized carbons (Fsp3) is 0.238. The predicted molar refractivity (Wildman–Crippen MR) is 112 cm³/mol. The van der Waals surface area contributed by atoms with Gasteiger partial charge in [0.25, 0.3) is 5.91 Å². The Hall–Kier alpha value is -2.54. The summed E-state index contributed by atoms with van der Waals surface area (Å²) in [7, 11) is 1.63. The average molecular weight is 432 g/mol. The molecule has 4 rings (SSSR count). The van der Waals surface area contributed by atoms with Crippen molar-refractivity contribution in [2.45, 2.75) is 12.5 Å². The van der Waals surface area contributed by atoms with Gasteiger partial charge in [-0.05, 0) is 36.2 Å². The lowest BCUT2D eigenvalue weighted by Gasteiger charge is -2.26. The minimum Gasteiger partial charge on any atom is -0.507 e. The highest BCUT2D eigenvalue weighted by Gasteiger charge is 2.42. The van der Waals surface area contributed by atoms with Gasteiger partial charge in [0.2, 0.25) is 0 Å². The number of carbonyl (C=O) groups excluding carboxylic acids is 1. The molecule has 2 aromatic carbocycles. The number of nitrogens with one attached hydrogen (secondary N) is 1. The van der Waals surface area contributed by atoms with Crippen molar-refractivity contribution in [3.8, 4) is 17.0 Å². The summed E-state index contributed by atoms with van der Waals surface area (Å²) >= 11 is 12.4. The molecule has 150 valence electrons. The number of benzene rings is 2. The molecule has 1 amide bonds. The zero-order valence-electron chi connectivity index (χ0n) is 15.7. The molecule has 1 aliphatic rings. The van der Waals surface area contributed by atoms with Gasteiger partial charge in [0.05, 0.1) is 16.1 Å². The van der Waals surface area contributed by atoms with Crippen LogP contribution < -0.4 is 0 Å². The third-order valence-electron chi connectivity index (χ3n) is 5.03. The Morgan fingerprint density at radius 3 is 2.72 bits per heavy atom. The van der Waals surface area contributed by atoms with Gasteiger partial charge in [0.15, 0.2) is 0 Å². The lowest BCUT2D eigenvalue weighted by atomic mass is 9.95. The lowest BCUT2D eigenvalue weighted by Crippen LogP contribution is -2.31. The molecular formula is C21H19Cl2N3O3. The number of fused-ring (bicyclic) bond motifs is 1. The van der Waals surface area contributed by atoms with Crippen molar-refractivity contribution in [1.82, 2.24) is 15.1 Å². The number of ether oxygens (including phenoxy) is 1. The maximum Gasteiger partial charge on any atom is 0.273 e. The van der Waals surface area contributed by atoms with Crippen molar-refractivity contribution in [3.05, 3.63) is 69.3 Å². The van der Waals surface area contributed by atoms with Crippen LogP contribution in [0.3, 0.4) is 0 Å².